The Morgan fingerprint density at radius 2 is 1.74 bits per heavy atom. The summed E-state index contributed by atoms with van der Waals surface area (Å²) in [7, 11) is 0. The zero-order valence-corrected chi connectivity index (χ0v) is 13.3. The van der Waals surface area contributed by atoms with E-state index in [1.807, 2.05) is 0 Å². The smallest absolute Gasteiger partial charge is 0.217 e. The Bertz CT molecular complexity index is 717. The highest BCUT2D eigenvalue weighted by Gasteiger charge is 2.09. The number of carbonyl (C=O) groups excluding carboxylic acids is 2. The first-order valence-corrected chi connectivity index (χ1v) is 7.88. The standard InChI is InChI=1S/C17H15F2NO2S/c1-11(21)20-9-12-2-4-13(5-3-12)17(22)10-23-14-6-7-15(18)16(19)8-14/h2-8H,9-10H2,1H3,(H,20,21). The van der Waals surface area contributed by atoms with Crippen molar-refractivity contribution in [1.29, 1.82) is 0 Å². The van der Waals surface area contributed by atoms with E-state index in [1.54, 1.807) is 24.3 Å². The topological polar surface area (TPSA) is 46.2 Å². The first-order chi connectivity index (χ1) is 11.0. The minimum atomic E-state index is -0.926. The third-order valence-corrected chi connectivity index (χ3v) is 4.07. The lowest BCUT2D eigenvalue weighted by Gasteiger charge is -2.05. The molecule has 120 valence electrons. The molecular weight excluding hydrogens is 320 g/mol. The Morgan fingerprint density at radius 1 is 1.04 bits per heavy atom. The van der Waals surface area contributed by atoms with Crippen LogP contribution in [0.25, 0.3) is 0 Å². The van der Waals surface area contributed by atoms with Crippen LogP contribution in [0.15, 0.2) is 47.4 Å². The van der Waals surface area contributed by atoms with Crippen molar-refractivity contribution in [2.24, 2.45) is 0 Å². The van der Waals surface area contributed by atoms with Gasteiger partial charge in [0.2, 0.25) is 5.91 Å². The number of hydrogen-bond acceptors (Lipinski definition) is 3. The monoisotopic (exact) mass is 335 g/mol. The second-order valence-corrected chi connectivity index (χ2v) is 5.94. The van der Waals surface area contributed by atoms with Gasteiger partial charge in [0, 0.05) is 23.9 Å². The lowest BCUT2D eigenvalue weighted by molar-refractivity contribution is -0.119. The molecule has 23 heavy (non-hydrogen) atoms. The molecule has 0 unspecified atom stereocenters. The fraction of sp³-hybridized carbons (Fsp3) is 0.176. The third kappa shape index (κ3) is 5.17. The van der Waals surface area contributed by atoms with Gasteiger partial charge in [0.25, 0.3) is 0 Å². The van der Waals surface area contributed by atoms with Crippen molar-refractivity contribution in [2.45, 2.75) is 18.4 Å². The van der Waals surface area contributed by atoms with Gasteiger partial charge in [-0.05, 0) is 23.8 Å². The van der Waals surface area contributed by atoms with Gasteiger partial charge in [0.1, 0.15) is 0 Å². The average molecular weight is 335 g/mol. The predicted molar refractivity (Wildman–Crippen MR) is 85.4 cm³/mol. The van der Waals surface area contributed by atoms with Crippen LogP contribution >= 0.6 is 11.8 Å². The summed E-state index contributed by atoms with van der Waals surface area (Å²) in [6.07, 6.45) is 0. The molecule has 0 fully saturated rings. The molecule has 0 aliphatic rings. The number of ketones is 1. The summed E-state index contributed by atoms with van der Waals surface area (Å²) in [6, 6.07) is 10.5. The Hall–Kier alpha value is -2.21. The summed E-state index contributed by atoms with van der Waals surface area (Å²) < 4.78 is 25.9. The third-order valence-electron chi connectivity index (χ3n) is 3.08. The van der Waals surface area contributed by atoms with Crippen molar-refractivity contribution in [3.63, 3.8) is 0 Å². The summed E-state index contributed by atoms with van der Waals surface area (Å²) in [5, 5.41) is 2.67. The lowest BCUT2D eigenvalue weighted by Crippen LogP contribution is -2.18. The van der Waals surface area contributed by atoms with E-state index in [2.05, 4.69) is 5.32 Å². The van der Waals surface area contributed by atoms with Gasteiger partial charge >= 0.3 is 0 Å². The Kier molecular flexibility index (Phi) is 5.87. The number of thioether (sulfide) groups is 1. The van der Waals surface area contributed by atoms with E-state index >= 15 is 0 Å². The predicted octanol–water partition coefficient (Wildman–Crippen LogP) is 3.58. The maximum absolute atomic E-state index is 13.1. The molecule has 0 saturated carbocycles. The van der Waals surface area contributed by atoms with E-state index in [0.29, 0.717) is 17.0 Å². The highest BCUT2D eigenvalue weighted by molar-refractivity contribution is 8.00. The molecule has 0 aliphatic carbocycles. The SMILES string of the molecule is CC(=O)NCc1ccc(C(=O)CSc2ccc(F)c(F)c2)cc1. The van der Waals surface area contributed by atoms with Gasteiger partial charge in [-0.1, -0.05) is 24.3 Å². The van der Waals surface area contributed by atoms with Crippen LogP contribution in [0.5, 0.6) is 0 Å². The van der Waals surface area contributed by atoms with Gasteiger partial charge in [-0.15, -0.1) is 11.8 Å². The van der Waals surface area contributed by atoms with Crippen molar-refractivity contribution in [1.82, 2.24) is 5.32 Å². The molecule has 1 N–H and O–H groups in total. The maximum atomic E-state index is 13.1. The van der Waals surface area contributed by atoms with E-state index in [9.17, 15) is 18.4 Å². The molecule has 0 atom stereocenters. The largest absolute Gasteiger partial charge is 0.352 e. The Labute approximate surface area is 137 Å². The molecule has 2 aromatic rings. The van der Waals surface area contributed by atoms with Gasteiger partial charge in [-0.25, -0.2) is 8.78 Å². The molecule has 0 radical (unpaired) electrons. The van der Waals surface area contributed by atoms with E-state index in [0.717, 1.165) is 29.5 Å². The van der Waals surface area contributed by atoms with Gasteiger partial charge in [-0.3, -0.25) is 9.59 Å². The highest BCUT2D eigenvalue weighted by Crippen LogP contribution is 2.21. The van der Waals surface area contributed by atoms with E-state index < -0.39 is 11.6 Å². The summed E-state index contributed by atoms with van der Waals surface area (Å²) >= 11 is 1.15. The number of Topliss-reactive ketones (excluding diaryl/α,β-unsaturated/α-hetero) is 1. The number of halogens is 2. The van der Waals surface area contributed by atoms with Gasteiger partial charge < -0.3 is 5.32 Å². The highest BCUT2D eigenvalue weighted by atomic mass is 32.2. The molecule has 0 heterocycles. The molecule has 3 nitrogen and oxygen atoms in total. The number of hydrogen-bond donors (Lipinski definition) is 1. The minimum absolute atomic E-state index is 0.106. The summed E-state index contributed by atoms with van der Waals surface area (Å²) in [5.74, 6) is -1.92. The minimum Gasteiger partial charge on any atom is -0.352 e. The fourth-order valence-electron chi connectivity index (χ4n) is 1.83. The zero-order valence-electron chi connectivity index (χ0n) is 12.4. The van der Waals surface area contributed by atoms with Crippen molar-refractivity contribution >= 4 is 23.5 Å². The van der Waals surface area contributed by atoms with Crippen molar-refractivity contribution < 1.29 is 18.4 Å². The number of amides is 1. The van der Waals surface area contributed by atoms with E-state index in [-0.39, 0.29) is 17.4 Å². The molecule has 0 bridgehead atoms. The van der Waals surface area contributed by atoms with Crippen LogP contribution in [0.2, 0.25) is 0 Å². The second-order valence-electron chi connectivity index (χ2n) is 4.89. The van der Waals surface area contributed by atoms with E-state index in [1.165, 1.54) is 13.0 Å². The van der Waals surface area contributed by atoms with Crippen molar-refractivity contribution in [3.8, 4) is 0 Å². The molecule has 0 saturated heterocycles. The molecular formula is C17H15F2NO2S. The van der Waals surface area contributed by atoms with Crippen LogP contribution in [0.4, 0.5) is 8.78 Å². The van der Waals surface area contributed by atoms with E-state index in [4.69, 9.17) is 0 Å². The van der Waals surface area contributed by atoms with Crippen LogP contribution in [0.1, 0.15) is 22.8 Å². The van der Waals surface area contributed by atoms with Gasteiger partial charge in [0.15, 0.2) is 17.4 Å². The van der Waals surface area contributed by atoms with Crippen LogP contribution in [0, 0.1) is 11.6 Å². The van der Waals surface area contributed by atoms with Crippen LogP contribution in [-0.4, -0.2) is 17.4 Å². The number of benzene rings is 2. The average Bonchev–Trinajstić information content (AvgIpc) is 2.54. The molecule has 6 heteroatoms. The fourth-order valence-corrected chi connectivity index (χ4v) is 2.65. The quantitative estimate of drug-likeness (QED) is 0.648. The number of carbonyl (C=O) groups is 2. The summed E-state index contributed by atoms with van der Waals surface area (Å²) in [6.45, 7) is 1.85. The van der Waals surface area contributed by atoms with Gasteiger partial charge in [-0.2, -0.15) is 0 Å². The Morgan fingerprint density at radius 3 is 2.35 bits per heavy atom. The first kappa shape index (κ1) is 17.1. The molecule has 2 rings (SSSR count). The first-order valence-electron chi connectivity index (χ1n) is 6.90. The maximum Gasteiger partial charge on any atom is 0.217 e. The molecule has 2 aromatic carbocycles. The molecule has 1 amide bonds. The number of nitrogens with one attached hydrogen (secondary N) is 1. The zero-order chi connectivity index (χ0) is 16.8. The number of rotatable bonds is 6. The summed E-state index contributed by atoms with van der Waals surface area (Å²) in [5.41, 5.74) is 1.43. The lowest BCUT2D eigenvalue weighted by atomic mass is 10.1. The normalized spacial score (nSPS) is 10.4. The summed E-state index contributed by atoms with van der Waals surface area (Å²) in [4.78, 5) is 23.4. The molecule has 0 spiro atoms. The van der Waals surface area contributed by atoms with Crippen molar-refractivity contribution in [3.05, 3.63) is 65.2 Å². The van der Waals surface area contributed by atoms with Crippen LogP contribution in [0.3, 0.4) is 0 Å². The van der Waals surface area contributed by atoms with Crippen molar-refractivity contribution in [2.75, 3.05) is 5.75 Å². The van der Waals surface area contributed by atoms with Gasteiger partial charge in [0.05, 0.1) is 5.75 Å². The molecule has 0 aliphatic heterocycles. The second kappa shape index (κ2) is 7.87. The van der Waals surface area contributed by atoms with Crippen LogP contribution < -0.4 is 5.32 Å². The Balaban J connectivity index is 1.92. The van der Waals surface area contributed by atoms with Crippen LogP contribution in [-0.2, 0) is 11.3 Å². The molecule has 0 aromatic heterocycles.